The van der Waals surface area contributed by atoms with Gasteiger partial charge in [-0.2, -0.15) is 0 Å². The molecule has 0 aliphatic rings. The third kappa shape index (κ3) is 12.0. The highest BCUT2D eigenvalue weighted by Gasteiger charge is 2.35. The molecule has 8 rings (SSSR count). The summed E-state index contributed by atoms with van der Waals surface area (Å²) in [5, 5.41) is 0. The summed E-state index contributed by atoms with van der Waals surface area (Å²) in [6.07, 6.45) is 0. The van der Waals surface area contributed by atoms with Crippen molar-refractivity contribution >= 4 is 8.41 Å². The molecule has 0 bridgehead atoms. The van der Waals surface area contributed by atoms with E-state index in [2.05, 4.69) is 0 Å². The van der Waals surface area contributed by atoms with Gasteiger partial charge in [0.15, 0.2) is 186 Å². The summed E-state index contributed by atoms with van der Waals surface area (Å²) in [4.78, 5) is 0. The Morgan fingerprint density at radius 3 is 0.329 bits per heavy atom. The number of benzene rings is 8. The minimum Gasteiger partial charge on any atom is -0.204 e. The topological polar surface area (TPSA) is 0 Å². The van der Waals surface area contributed by atoms with Gasteiger partial charge in [-0.05, 0) is 24.3 Å². The average Bonchev–Trinajstić information content (AvgIpc) is 3.60. The molecular weight excluding hydrogens is 1270 g/mol. The molecule has 0 fully saturated rings. The fraction of sp³-hybridized carbons (Fsp3) is 0. The molecule has 0 heterocycles. The van der Waals surface area contributed by atoms with Crippen LogP contribution in [0.15, 0.2) is 24.3 Å². The second kappa shape index (κ2) is 25.7. The van der Waals surface area contributed by atoms with Crippen LogP contribution in [0.5, 0.6) is 0 Å². The third-order valence-electron chi connectivity index (χ3n) is 10.3. The largest absolute Gasteiger partial charge is 0.204 e. The van der Waals surface area contributed by atoms with E-state index in [-0.39, 0.29) is 32.7 Å². The van der Waals surface area contributed by atoms with E-state index in [4.69, 9.17) is 0 Å². The first-order valence-corrected chi connectivity index (χ1v) is 20.1. The predicted octanol–water partition coefficient (Wildman–Crippen LogP) is 18.0. The van der Waals surface area contributed by atoms with Crippen molar-refractivity contribution in [2.24, 2.45) is 0 Å². The van der Waals surface area contributed by atoms with Crippen LogP contribution in [0, 0.1) is 209 Å². The first-order valence-electron chi connectivity index (χ1n) is 20.1. The molecule has 451 valence electrons. The highest BCUT2D eigenvalue weighted by molar-refractivity contribution is 5.75. The molecule has 85 heavy (non-hydrogen) atoms. The second-order valence-corrected chi connectivity index (χ2v) is 15.2. The number of hydrogen-bond donors (Lipinski definition) is 0. The second-order valence-electron chi connectivity index (χ2n) is 15.2. The van der Waals surface area contributed by atoms with Crippen molar-refractivity contribution in [2.75, 3.05) is 0 Å². The Bertz CT molecular complexity index is 3410. The molecule has 0 aromatic heterocycles. The molecule has 0 saturated heterocycles. The summed E-state index contributed by atoms with van der Waals surface area (Å²) in [6.45, 7) is 0. The zero-order valence-electron chi connectivity index (χ0n) is 38.5. The van der Waals surface area contributed by atoms with Gasteiger partial charge in [-0.15, -0.1) is 0 Å². The summed E-state index contributed by atoms with van der Waals surface area (Å²) < 4.78 is 470. The molecule has 8 aromatic rings. The van der Waals surface area contributed by atoms with E-state index in [1.54, 1.807) is 0 Å². The zero-order chi connectivity index (χ0) is 64.2. The van der Waals surface area contributed by atoms with E-state index in [0.29, 0.717) is 0 Å². The van der Waals surface area contributed by atoms with Crippen molar-refractivity contribution in [1.29, 1.82) is 0 Å². The summed E-state index contributed by atoms with van der Waals surface area (Å²) in [7, 11) is 0. The lowest BCUT2D eigenvalue weighted by Crippen LogP contribution is -2.07. The lowest BCUT2D eigenvalue weighted by molar-refractivity contribution is 0.379. The molecule has 0 atom stereocenters. The SMILES string of the molecule is Fc1cc(-c2c(F)c(F)c(F)c(F)c2F)c(F)c(F)c1F.Fc1cc(-c2c(F)c(F)c(F)c(F)c2F)c(F)c(F)c1F.Fc1cc(-c2c(F)c(F)c(F)c(F)c2F)c(F)c(F)c1F.Fc1cc(-c2c(F)c(F)c(F)c(F)c2F)c(F)c(F)c1F.[B]. The van der Waals surface area contributed by atoms with E-state index in [1.165, 1.54) is 0 Å². The molecule has 0 unspecified atom stereocenters. The van der Waals surface area contributed by atoms with Gasteiger partial charge in [-0.3, -0.25) is 0 Å². The minimum absolute atomic E-state index is 0. The Labute approximate surface area is 444 Å². The average molecular weight is 1280 g/mol. The molecule has 0 spiro atoms. The van der Waals surface area contributed by atoms with Gasteiger partial charge in [0.1, 0.15) is 0 Å². The Morgan fingerprint density at radius 2 is 0.212 bits per heavy atom. The zero-order valence-corrected chi connectivity index (χ0v) is 38.5. The minimum atomic E-state index is -2.53. The Morgan fingerprint density at radius 1 is 0.118 bits per heavy atom. The molecule has 0 amide bonds. The number of hydrogen-bond acceptors (Lipinski definition) is 0. The summed E-state index contributed by atoms with van der Waals surface area (Å²) in [6, 6.07) is -0.865. The van der Waals surface area contributed by atoms with Gasteiger partial charge in [0, 0.05) is 30.7 Å². The first-order chi connectivity index (χ1) is 38.7. The molecule has 3 radical (unpaired) electrons. The molecule has 0 nitrogen and oxygen atoms in total. The Hall–Kier alpha value is -8.70. The third-order valence-corrected chi connectivity index (χ3v) is 10.3. The number of rotatable bonds is 4. The Balaban J connectivity index is 0.000000242. The van der Waals surface area contributed by atoms with Gasteiger partial charge in [-0.25, -0.2) is 158 Å². The molecule has 37 heteroatoms. The number of halogens is 36. The first kappa shape index (κ1) is 68.8. The van der Waals surface area contributed by atoms with Crippen molar-refractivity contribution in [3.8, 4) is 44.5 Å². The summed E-state index contributed by atoms with van der Waals surface area (Å²) in [5.74, 6) is -86.0. The van der Waals surface area contributed by atoms with Crippen LogP contribution < -0.4 is 0 Å². The van der Waals surface area contributed by atoms with Crippen LogP contribution in [0.4, 0.5) is 158 Å². The van der Waals surface area contributed by atoms with Gasteiger partial charge in [0.05, 0.1) is 22.3 Å². The molecule has 0 aliphatic heterocycles. The van der Waals surface area contributed by atoms with Crippen molar-refractivity contribution < 1.29 is 158 Å². The van der Waals surface area contributed by atoms with E-state index in [1.807, 2.05) is 0 Å². The lowest BCUT2D eigenvalue weighted by Gasteiger charge is -2.10. The van der Waals surface area contributed by atoms with Crippen LogP contribution in [0.1, 0.15) is 0 Å². The lowest BCUT2D eigenvalue weighted by atomic mass is 10.0. The smallest absolute Gasteiger partial charge is 0.200 e. The van der Waals surface area contributed by atoms with Crippen LogP contribution in [0.3, 0.4) is 0 Å². The van der Waals surface area contributed by atoms with E-state index < -0.39 is 254 Å². The normalized spacial score (nSPS) is 11.0. The van der Waals surface area contributed by atoms with Crippen LogP contribution in [0.25, 0.3) is 44.5 Å². The van der Waals surface area contributed by atoms with Crippen LogP contribution in [-0.4, -0.2) is 8.41 Å². The van der Waals surface area contributed by atoms with Gasteiger partial charge < -0.3 is 0 Å². The maximum Gasteiger partial charge on any atom is 0.200 e. The molecular formula is C48H4BF36. The van der Waals surface area contributed by atoms with Crippen molar-refractivity contribution in [2.45, 2.75) is 0 Å². The fourth-order valence-corrected chi connectivity index (χ4v) is 6.38. The van der Waals surface area contributed by atoms with E-state index in [9.17, 15) is 158 Å². The summed E-state index contributed by atoms with van der Waals surface area (Å²) >= 11 is 0. The van der Waals surface area contributed by atoms with Gasteiger partial charge in [0.25, 0.3) is 0 Å². The van der Waals surface area contributed by atoms with Crippen LogP contribution in [0.2, 0.25) is 0 Å². The van der Waals surface area contributed by atoms with Gasteiger partial charge >= 0.3 is 0 Å². The van der Waals surface area contributed by atoms with Crippen molar-refractivity contribution in [1.82, 2.24) is 0 Å². The van der Waals surface area contributed by atoms with Crippen LogP contribution >= 0.6 is 0 Å². The Kier molecular flexibility index (Phi) is 20.8. The van der Waals surface area contributed by atoms with E-state index >= 15 is 0 Å². The monoisotopic (exact) mass is 1270 g/mol. The highest BCUT2D eigenvalue weighted by atomic mass is 19.2. The molecule has 8 aromatic carbocycles. The molecule has 0 aliphatic carbocycles. The fourth-order valence-electron chi connectivity index (χ4n) is 6.38. The molecule has 0 N–H and O–H groups in total. The van der Waals surface area contributed by atoms with Gasteiger partial charge in [0.2, 0.25) is 23.3 Å². The maximum absolute atomic E-state index is 13.4. The molecule has 0 saturated carbocycles. The van der Waals surface area contributed by atoms with E-state index in [0.717, 1.165) is 0 Å². The quantitative estimate of drug-likeness (QED) is 0.0713. The van der Waals surface area contributed by atoms with Crippen LogP contribution in [-0.2, 0) is 0 Å². The standard InChI is InChI=1S/4C12HF9.B/c4*13-3-1-2(5(14)9(18)6(3)15)4-7(16)10(19)12(21)11(20)8(4)17;/h4*1H;. The maximum atomic E-state index is 13.4. The van der Waals surface area contributed by atoms with Crippen molar-refractivity contribution in [3.05, 3.63) is 234 Å². The highest BCUT2D eigenvalue weighted by Crippen LogP contribution is 2.40. The van der Waals surface area contributed by atoms with Crippen molar-refractivity contribution in [3.63, 3.8) is 0 Å². The predicted molar refractivity (Wildman–Crippen MR) is 212 cm³/mol. The van der Waals surface area contributed by atoms with Gasteiger partial charge in [-0.1, -0.05) is 0 Å². The summed E-state index contributed by atoms with van der Waals surface area (Å²) in [5.41, 5.74) is -14.2.